The molecule has 9 N–H and O–H groups in total. The van der Waals surface area contributed by atoms with Gasteiger partial charge in [-0.25, -0.2) is 11.1 Å². The Morgan fingerprint density at radius 2 is 0.931 bits per heavy atom. The van der Waals surface area contributed by atoms with Gasteiger partial charge in [0.05, 0.1) is 0 Å². The molecular formula is C7H40Ag2Cl5N5NaO7Zn2. The Balaban J connectivity index is -0.00000000157. The topological polar surface area (TPSA) is 270 Å². The second-order valence-electron chi connectivity index (χ2n) is 0.339. The van der Waals surface area contributed by atoms with Crippen LogP contribution in [0.4, 0.5) is 0 Å². The Kier molecular flexibility index (Phi) is 4110. The summed E-state index contributed by atoms with van der Waals surface area (Å²) in [5.74, 6) is 0. The van der Waals surface area contributed by atoms with E-state index in [1.165, 1.54) is 0 Å². The number of nitrogens with zero attached hydrogens (tertiary/aromatic N) is 3. The summed E-state index contributed by atoms with van der Waals surface area (Å²) in [4.78, 5) is 8.36. The first-order valence-electron chi connectivity index (χ1n) is 1.95. The fraction of sp³-hybridized carbons (Fsp3) is 1.00. The number of hydrogen-bond acceptors (Lipinski definition) is 7. The van der Waals surface area contributed by atoms with Gasteiger partial charge in [-0.3, -0.25) is 0 Å². The molecule has 0 rings (SSSR count). The molecule has 0 aromatic heterocycles. The summed E-state index contributed by atoms with van der Waals surface area (Å²) in [7, 11) is 14.4. The van der Waals surface area contributed by atoms with E-state index in [0.717, 1.165) is 0 Å². The van der Waals surface area contributed by atoms with Gasteiger partial charge >= 0.3 is 115 Å². The molecule has 0 saturated heterocycles. The quantitative estimate of drug-likeness (QED) is 0.0892. The molecule has 0 heterocycles. The molecule has 0 saturated carbocycles. The summed E-state index contributed by atoms with van der Waals surface area (Å²) in [6.07, 6.45) is 0. The van der Waals surface area contributed by atoms with E-state index in [1.807, 2.05) is 0 Å². The van der Waals surface area contributed by atoms with Gasteiger partial charge in [0.1, 0.15) is 0 Å². The van der Waals surface area contributed by atoms with Crippen LogP contribution in [0, 0.1) is 32.0 Å². The van der Waals surface area contributed by atoms with Crippen molar-refractivity contribution in [3.8, 4) is 0 Å². The van der Waals surface area contributed by atoms with Crippen LogP contribution in [0.2, 0.25) is 0 Å². The zero-order chi connectivity index (χ0) is 14.3. The van der Waals surface area contributed by atoms with Crippen LogP contribution in [0.25, 0.3) is 0 Å². The molecule has 22 heteroatoms. The first-order chi connectivity index (χ1) is 7.15. The summed E-state index contributed by atoms with van der Waals surface area (Å²) in [6, 6.07) is 0. The van der Waals surface area contributed by atoms with Crippen LogP contribution in [0.1, 0.15) is 53.4 Å². The molecule has 0 aromatic rings. The molecular weight excluding hydrogens is 813 g/mol. The van der Waals surface area contributed by atoms with Gasteiger partial charge < -0.3 is 34.0 Å². The van der Waals surface area contributed by atoms with Crippen LogP contribution in [-0.2, 0) is 79.3 Å². The van der Waals surface area contributed by atoms with Crippen molar-refractivity contribution in [2.24, 2.45) is 0 Å². The number of hydrogen-bond donors (Lipinski definition) is 3. The first-order valence-corrected chi connectivity index (χ1v) is 12.9. The molecule has 0 aliphatic carbocycles. The summed E-state index contributed by atoms with van der Waals surface area (Å²) in [6.45, 7) is 0. The van der Waals surface area contributed by atoms with E-state index in [-0.39, 0.29) is 165 Å². The molecule has 0 aliphatic heterocycles. The van der Waals surface area contributed by atoms with E-state index in [4.69, 9.17) is 60.1 Å². The molecule has 0 bridgehead atoms. The van der Waals surface area contributed by atoms with Crippen LogP contribution in [0.5, 0.6) is 0 Å². The molecule has 197 valence electrons. The van der Waals surface area contributed by atoms with Crippen LogP contribution >= 0.6 is 41.0 Å². The standard InChI is InChI=1S/7CH4.2Ag.5ClH.H2N2.N2.HNO3.Na.3H2O.O.2Zn.H2/c;;;;;;;;;;;;;;2*1-2;2-1(3)4;;;;;;;;/h7*1H4;;;5*1H;1-2H;;(H,2,3,4);;3*1H2;;;;1H/q;;;;;;;;+1;;;;;;;;;+1;;;;;;+2;/p-4. The Hall–Kier alpha value is 3.08. The van der Waals surface area contributed by atoms with Crippen LogP contribution in [-0.4, -0.2) is 26.7 Å². The number of halogens is 5. The van der Waals surface area contributed by atoms with Crippen molar-refractivity contribution < 1.29 is 149 Å². The molecule has 0 fully saturated rings. The molecule has 0 unspecified atom stereocenters. The zero-order valence-corrected chi connectivity index (χ0v) is 25.2. The van der Waals surface area contributed by atoms with E-state index >= 15 is 0 Å². The van der Waals surface area contributed by atoms with Gasteiger partial charge in [-0.1, -0.05) is 52.0 Å². The van der Waals surface area contributed by atoms with Crippen molar-refractivity contribution in [3.05, 3.63) is 10.1 Å². The third-order valence-electron chi connectivity index (χ3n) is 0. The van der Waals surface area contributed by atoms with Gasteiger partial charge in [-0.05, 0) is 0 Å². The Bertz CT molecular complexity index is 152. The Labute approximate surface area is 270 Å². The maximum absolute atomic E-state index is 8.38. The first kappa shape index (κ1) is 212. The zero-order valence-electron chi connectivity index (χ0n) is 10.5. The second kappa shape index (κ2) is 561. The van der Waals surface area contributed by atoms with E-state index in [1.54, 1.807) is 0 Å². The van der Waals surface area contributed by atoms with Gasteiger partial charge in [0, 0.05) is 34.6 Å². The van der Waals surface area contributed by atoms with Crippen LogP contribution < -0.4 is 42.0 Å². The number of nitrogens with one attached hydrogen (secondary N) is 2. The Morgan fingerprint density at radius 1 is 0.931 bits per heavy atom. The molecule has 0 aromatic carbocycles. The summed E-state index contributed by atoms with van der Waals surface area (Å²) < 4.78 is 8.38. The van der Waals surface area contributed by atoms with E-state index < -0.39 is 20.2 Å². The normalized spacial score (nSPS) is 1.83. The monoisotopic (exact) mass is 846 g/mol. The van der Waals surface area contributed by atoms with Crippen molar-refractivity contribution in [2.75, 3.05) is 0 Å². The van der Waals surface area contributed by atoms with Crippen molar-refractivity contribution in [3.63, 3.8) is 0 Å². The van der Waals surface area contributed by atoms with Crippen LogP contribution in [0.3, 0.4) is 0 Å². The summed E-state index contributed by atoms with van der Waals surface area (Å²) >= 11 is 1.62. The predicted octanol–water partition coefficient (Wildman–Crippen LogP) is -1.13. The van der Waals surface area contributed by atoms with Gasteiger partial charge in [0.25, 0.3) is 5.09 Å². The minimum absolute atomic E-state index is 0. The van der Waals surface area contributed by atoms with Gasteiger partial charge in [-0.15, -0.1) is 22.5 Å². The molecule has 0 spiro atoms. The number of rotatable bonds is 0. The average molecular weight is 853 g/mol. The van der Waals surface area contributed by atoms with Crippen molar-refractivity contribution >= 4 is 41.0 Å². The molecule has 1 radical (unpaired) electrons. The molecule has 0 atom stereocenters. The summed E-state index contributed by atoms with van der Waals surface area (Å²) in [5.41, 5.74) is 10.0. The van der Waals surface area contributed by atoms with Crippen molar-refractivity contribution in [1.29, 1.82) is 21.8 Å². The Morgan fingerprint density at radius 3 is 0.931 bits per heavy atom. The van der Waals surface area contributed by atoms with Crippen molar-refractivity contribution in [1.82, 2.24) is 0 Å². The van der Waals surface area contributed by atoms with Gasteiger partial charge in [0.15, 0.2) is 0 Å². The third kappa shape index (κ3) is 2770. The average Bonchev–Trinajstić information content (AvgIpc) is 2.29. The SMILES string of the molecule is C.C.C.C.C.C.C.Cl.N#N.N=N.O.O.O.O=[N+]([O-])O.[Ag].[Cl-].[Cl][Ag].[Cl][Zn][Cl].[HH].[Na+].[O]=[Zn]. The maximum atomic E-state index is 8.38. The van der Waals surface area contributed by atoms with Gasteiger partial charge in [0.2, 0.25) is 0 Å². The summed E-state index contributed by atoms with van der Waals surface area (Å²) in [5, 5.41) is 25.6. The fourth-order valence-corrected chi connectivity index (χ4v) is 0. The fourth-order valence-electron chi connectivity index (χ4n) is 0. The molecule has 0 amide bonds. The molecule has 29 heavy (non-hydrogen) atoms. The van der Waals surface area contributed by atoms with E-state index in [2.05, 4.69) is 29.2 Å². The van der Waals surface area contributed by atoms with Gasteiger partial charge in [-0.2, -0.15) is 0 Å². The van der Waals surface area contributed by atoms with E-state index in [0.29, 0.717) is 0 Å². The third-order valence-corrected chi connectivity index (χ3v) is 0. The van der Waals surface area contributed by atoms with Crippen LogP contribution in [0.15, 0.2) is 0 Å². The molecule has 0 aliphatic rings. The van der Waals surface area contributed by atoms with Crippen molar-refractivity contribution in [2.45, 2.75) is 52.0 Å². The second-order valence-corrected chi connectivity index (χ2v) is 4.96. The molecule has 12 nitrogen and oxygen atoms in total. The van der Waals surface area contributed by atoms with E-state index in [9.17, 15) is 0 Å². The predicted molar refractivity (Wildman–Crippen MR) is 103 cm³/mol. The minimum atomic E-state index is -1.50.